The fourth-order valence-electron chi connectivity index (χ4n) is 2.22. The maximum Gasteiger partial charge on any atom is 0.0577 e. The Hall–Kier alpha value is -1.67. The highest BCUT2D eigenvalue weighted by molar-refractivity contribution is 5.32. The summed E-state index contributed by atoms with van der Waals surface area (Å²) in [6.07, 6.45) is 5.93. The molecule has 2 heteroatoms. The maximum atomic E-state index is 4.10. The van der Waals surface area contributed by atoms with Gasteiger partial charge in [0.05, 0.1) is 6.04 Å². The number of benzene rings is 1. The third-order valence-corrected chi connectivity index (χ3v) is 3.36. The Morgan fingerprint density at radius 1 is 0.947 bits per heavy atom. The summed E-state index contributed by atoms with van der Waals surface area (Å²) in [4.78, 5) is 4.10. The van der Waals surface area contributed by atoms with Crippen LogP contribution in [-0.2, 0) is 6.42 Å². The zero-order valence-electron chi connectivity index (χ0n) is 11.8. The van der Waals surface area contributed by atoms with Gasteiger partial charge in [0.1, 0.15) is 0 Å². The Labute approximate surface area is 115 Å². The number of aryl methyl sites for hydroxylation is 1. The molecule has 1 aromatic heterocycles. The highest BCUT2D eigenvalue weighted by Crippen LogP contribution is 2.22. The molecular weight excluding hydrogens is 232 g/mol. The Morgan fingerprint density at radius 2 is 1.58 bits per heavy atom. The lowest BCUT2D eigenvalue weighted by atomic mass is 9.98. The lowest BCUT2D eigenvalue weighted by Gasteiger charge is -2.19. The van der Waals surface area contributed by atoms with Crippen LogP contribution < -0.4 is 5.32 Å². The Kier molecular flexibility index (Phi) is 5.10. The summed E-state index contributed by atoms with van der Waals surface area (Å²) in [6, 6.07) is 13.3. The molecule has 0 bridgehead atoms. The minimum Gasteiger partial charge on any atom is -0.306 e. The molecule has 0 amide bonds. The van der Waals surface area contributed by atoms with Gasteiger partial charge in [-0.05, 0) is 48.2 Å². The third-order valence-electron chi connectivity index (χ3n) is 3.36. The summed E-state index contributed by atoms with van der Waals surface area (Å²) >= 11 is 0. The standard InChI is InChI=1S/C17H22N2/c1-3-11-19-17(16-9-12-18-13-10-16)15-7-5-14(4-2)6-8-15/h5-10,12-13,17,19H,3-4,11H2,1-2H3. The second kappa shape index (κ2) is 7.05. The predicted molar refractivity (Wildman–Crippen MR) is 80.2 cm³/mol. The number of pyridine rings is 1. The summed E-state index contributed by atoms with van der Waals surface area (Å²) in [6.45, 7) is 5.39. The molecule has 100 valence electrons. The van der Waals surface area contributed by atoms with Crippen molar-refractivity contribution in [2.45, 2.75) is 32.7 Å². The molecule has 0 spiro atoms. The van der Waals surface area contributed by atoms with Crippen LogP contribution in [0.4, 0.5) is 0 Å². The van der Waals surface area contributed by atoms with Gasteiger partial charge in [0, 0.05) is 12.4 Å². The van der Waals surface area contributed by atoms with Crippen LogP contribution in [0.2, 0.25) is 0 Å². The van der Waals surface area contributed by atoms with Gasteiger partial charge in [-0.2, -0.15) is 0 Å². The molecule has 1 unspecified atom stereocenters. The quantitative estimate of drug-likeness (QED) is 0.849. The Morgan fingerprint density at radius 3 is 2.16 bits per heavy atom. The van der Waals surface area contributed by atoms with E-state index in [0.29, 0.717) is 0 Å². The summed E-state index contributed by atoms with van der Waals surface area (Å²) < 4.78 is 0. The first-order chi connectivity index (χ1) is 9.35. The van der Waals surface area contributed by atoms with Crippen LogP contribution in [0, 0.1) is 0 Å². The van der Waals surface area contributed by atoms with Crippen molar-refractivity contribution < 1.29 is 0 Å². The molecule has 0 saturated carbocycles. The molecule has 0 radical (unpaired) electrons. The first-order valence-corrected chi connectivity index (χ1v) is 7.07. The molecular formula is C17H22N2. The minimum absolute atomic E-state index is 0.258. The van der Waals surface area contributed by atoms with E-state index in [1.165, 1.54) is 16.7 Å². The molecule has 1 aromatic carbocycles. The van der Waals surface area contributed by atoms with Crippen molar-refractivity contribution in [3.63, 3.8) is 0 Å². The van der Waals surface area contributed by atoms with Crippen LogP contribution >= 0.6 is 0 Å². The van der Waals surface area contributed by atoms with E-state index in [9.17, 15) is 0 Å². The van der Waals surface area contributed by atoms with E-state index in [2.05, 4.69) is 60.5 Å². The predicted octanol–water partition coefficient (Wildman–Crippen LogP) is 3.73. The van der Waals surface area contributed by atoms with Crippen molar-refractivity contribution in [2.24, 2.45) is 0 Å². The third kappa shape index (κ3) is 3.65. The van der Waals surface area contributed by atoms with Gasteiger partial charge in [-0.3, -0.25) is 4.98 Å². The van der Waals surface area contributed by atoms with Crippen molar-refractivity contribution in [1.29, 1.82) is 0 Å². The summed E-state index contributed by atoms with van der Waals surface area (Å²) in [5, 5.41) is 3.61. The molecule has 0 fully saturated rings. The maximum absolute atomic E-state index is 4.10. The average Bonchev–Trinajstić information content (AvgIpc) is 2.49. The fourth-order valence-corrected chi connectivity index (χ4v) is 2.22. The van der Waals surface area contributed by atoms with Gasteiger partial charge in [0.15, 0.2) is 0 Å². The molecule has 0 aliphatic heterocycles. The fraction of sp³-hybridized carbons (Fsp3) is 0.353. The Bertz CT molecular complexity index is 476. The number of aromatic nitrogens is 1. The van der Waals surface area contributed by atoms with Crippen LogP contribution in [0.3, 0.4) is 0 Å². The molecule has 1 atom stereocenters. The Balaban J connectivity index is 2.26. The van der Waals surface area contributed by atoms with Crippen molar-refractivity contribution >= 4 is 0 Å². The van der Waals surface area contributed by atoms with Crippen molar-refractivity contribution in [3.05, 3.63) is 65.5 Å². The topological polar surface area (TPSA) is 24.9 Å². The van der Waals surface area contributed by atoms with Gasteiger partial charge in [-0.25, -0.2) is 0 Å². The molecule has 19 heavy (non-hydrogen) atoms. The smallest absolute Gasteiger partial charge is 0.0577 e. The van der Waals surface area contributed by atoms with Crippen LogP contribution in [0.5, 0.6) is 0 Å². The van der Waals surface area contributed by atoms with E-state index in [4.69, 9.17) is 0 Å². The number of nitrogens with one attached hydrogen (secondary N) is 1. The van der Waals surface area contributed by atoms with Gasteiger partial charge in [0.2, 0.25) is 0 Å². The van der Waals surface area contributed by atoms with Crippen LogP contribution in [-0.4, -0.2) is 11.5 Å². The molecule has 0 aliphatic carbocycles. The zero-order chi connectivity index (χ0) is 13.5. The highest BCUT2D eigenvalue weighted by Gasteiger charge is 2.12. The van der Waals surface area contributed by atoms with Gasteiger partial charge in [0.25, 0.3) is 0 Å². The molecule has 1 heterocycles. The second-order valence-corrected chi connectivity index (χ2v) is 4.76. The SMILES string of the molecule is CCCNC(c1ccncc1)c1ccc(CC)cc1. The molecule has 2 rings (SSSR count). The van der Waals surface area contributed by atoms with E-state index < -0.39 is 0 Å². The van der Waals surface area contributed by atoms with Gasteiger partial charge >= 0.3 is 0 Å². The van der Waals surface area contributed by atoms with Crippen molar-refractivity contribution in [2.75, 3.05) is 6.54 Å². The molecule has 2 aromatic rings. The van der Waals surface area contributed by atoms with Crippen molar-refractivity contribution in [3.8, 4) is 0 Å². The van der Waals surface area contributed by atoms with E-state index >= 15 is 0 Å². The molecule has 2 nitrogen and oxygen atoms in total. The van der Waals surface area contributed by atoms with Gasteiger partial charge in [-0.1, -0.05) is 38.1 Å². The monoisotopic (exact) mass is 254 g/mol. The first kappa shape index (κ1) is 13.8. The van der Waals surface area contributed by atoms with E-state index in [1.54, 1.807) is 0 Å². The van der Waals surface area contributed by atoms with E-state index in [0.717, 1.165) is 19.4 Å². The van der Waals surface area contributed by atoms with Crippen molar-refractivity contribution in [1.82, 2.24) is 10.3 Å². The number of hydrogen-bond donors (Lipinski definition) is 1. The van der Waals surface area contributed by atoms with E-state index in [-0.39, 0.29) is 6.04 Å². The molecule has 0 saturated heterocycles. The summed E-state index contributed by atoms with van der Waals surface area (Å²) in [5.41, 5.74) is 3.97. The van der Waals surface area contributed by atoms with Gasteiger partial charge in [-0.15, -0.1) is 0 Å². The van der Waals surface area contributed by atoms with E-state index in [1.807, 2.05) is 12.4 Å². The minimum atomic E-state index is 0.258. The number of hydrogen-bond acceptors (Lipinski definition) is 2. The zero-order valence-corrected chi connectivity index (χ0v) is 11.8. The summed E-state index contributed by atoms with van der Waals surface area (Å²) in [5.74, 6) is 0. The van der Waals surface area contributed by atoms with Crippen LogP contribution in [0.15, 0.2) is 48.8 Å². The molecule has 0 aliphatic rings. The average molecular weight is 254 g/mol. The number of nitrogens with zero attached hydrogens (tertiary/aromatic N) is 1. The largest absolute Gasteiger partial charge is 0.306 e. The number of rotatable bonds is 6. The lowest BCUT2D eigenvalue weighted by molar-refractivity contribution is 0.598. The van der Waals surface area contributed by atoms with Crippen LogP contribution in [0.1, 0.15) is 43.0 Å². The normalized spacial score (nSPS) is 12.3. The highest BCUT2D eigenvalue weighted by atomic mass is 14.9. The first-order valence-electron chi connectivity index (χ1n) is 7.07. The lowest BCUT2D eigenvalue weighted by Crippen LogP contribution is -2.23. The summed E-state index contributed by atoms with van der Waals surface area (Å²) in [7, 11) is 0. The second-order valence-electron chi connectivity index (χ2n) is 4.76. The molecule has 1 N–H and O–H groups in total. The van der Waals surface area contributed by atoms with Gasteiger partial charge < -0.3 is 5.32 Å². The van der Waals surface area contributed by atoms with Crippen LogP contribution in [0.25, 0.3) is 0 Å².